The van der Waals surface area contributed by atoms with Crippen molar-refractivity contribution in [3.05, 3.63) is 46.8 Å². The molecule has 2 aliphatic rings. The van der Waals surface area contributed by atoms with Crippen molar-refractivity contribution in [2.45, 2.75) is 90.8 Å². The number of nitrogens with zero attached hydrogens (tertiary/aromatic N) is 3. The Bertz CT molecular complexity index is 1120. The standard InChI is InChI=1S/C27H36N4O4/c1-5-35-25(33)21-16-23-24(32)31(22-15-11-12-18(2)19(22)3)27(4,17-30(23)29-21)26(34)28-20-13-9-7-6-8-10-14-20/h11-12,15-16,20H,5-10,13-14,17H2,1-4H3,(H,28,34). The molecule has 0 spiro atoms. The zero-order valence-electron chi connectivity index (χ0n) is 21.2. The van der Waals surface area contributed by atoms with Crippen LogP contribution in [0.3, 0.4) is 0 Å². The summed E-state index contributed by atoms with van der Waals surface area (Å²) in [6, 6.07) is 7.31. The summed E-state index contributed by atoms with van der Waals surface area (Å²) in [5.41, 5.74) is 1.78. The number of hydrogen-bond donors (Lipinski definition) is 1. The number of benzene rings is 1. The van der Waals surface area contributed by atoms with E-state index in [9.17, 15) is 14.4 Å². The van der Waals surface area contributed by atoms with Crippen molar-refractivity contribution in [1.29, 1.82) is 0 Å². The van der Waals surface area contributed by atoms with Gasteiger partial charge in [0.05, 0.1) is 13.2 Å². The number of aromatic nitrogens is 2. The van der Waals surface area contributed by atoms with Gasteiger partial charge in [0.25, 0.3) is 5.91 Å². The van der Waals surface area contributed by atoms with Gasteiger partial charge in [-0.2, -0.15) is 5.10 Å². The van der Waals surface area contributed by atoms with Gasteiger partial charge in [0.15, 0.2) is 5.69 Å². The number of nitrogens with one attached hydrogen (secondary N) is 1. The van der Waals surface area contributed by atoms with Gasteiger partial charge in [-0.15, -0.1) is 0 Å². The second-order valence-corrected chi connectivity index (χ2v) is 9.94. The molecule has 8 heteroatoms. The highest BCUT2D eigenvalue weighted by atomic mass is 16.5. The van der Waals surface area contributed by atoms with Gasteiger partial charge in [0.1, 0.15) is 11.2 Å². The fourth-order valence-corrected chi connectivity index (χ4v) is 5.18. The average molecular weight is 481 g/mol. The van der Waals surface area contributed by atoms with Crippen molar-refractivity contribution < 1.29 is 19.1 Å². The van der Waals surface area contributed by atoms with Crippen molar-refractivity contribution in [1.82, 2.24) is 15.1 Å². The predicted molar refractivity (Wildman–Crippen MR) is 134 cm³/mol. The number of rotatable bonds is 5. The Balaban J connectivity index is 1.75. The van der Waals surface area contributed by atoms with E-state index in [-0.39, 0.29) is 42.4 Å². The topological polar surface area (TPSA) is 93.5 Å². The minimum Gasteiger partial charge on any atom is -0.461 e. The molecule has 1 atom stereocenters. The van der Waals surface area contributed by atoms with Gasteiger partial charge in [-0.3, -0.25) is 19.2 Å². The molecule has 1 saturated carbocycles. The maximum absolute atomic E-state index is 13.9. The number of fused-ring (bicyclic) bond motifs is 1. The van der Waals surface area contributed by atoms with Crippen LogP contribution < -0.4 is 10.2 Å². The molecule has 0 radical (unpaired) electrons. The number of amides is 2. The summed E-state index contributed by atoms with van der Waals surface area (Å²) in [5.74, 6) is -1.14. The van der Waals surface area contributed by atoms with Crippen LogP contribution in [-0.4, -0.2) is 45.8 Å². The summed E-state index contributed by atoms with van der Waals surface area (Å²) < 4.78 is 6.57. The zero-order valence-corrected chi connectivity index (χ0v) is 21.2. The number of aryl methyl sites for hydroxylation is 1. The molecule has 35 heavy (non-hydrogen) atoms. The molecular formula is C27H36N4O4. The first-order valence-electron chi connectivity index (χ1n) is 12.7. The van der Waals surface area contributed by atoms with Gasteiger partial charge in [0.2, 0.25) is 5.91 Å². The Morgan fingerprint density at radius 2 is 1.83 bits per heavy atom. The van der Waals surface area contributed by atoms with Crippen LogP contribution in [0, 0.1) is 13.8 Å². The molecule has 1 aliphatic carbocycles. The van der Waals surface area contributed by atoms with Crippen LogP contribution in [0.25, 0.3) is 0 Å². The summed E-state index contributed by atoms with van der Waals surface area (Å²) in [4.78, 5) is 41.8. The lowest BCUT2D eigenvalue weighted by Gasteiger charge is -2.44. The molecule has 2 heterocycles. The first-order chi connectivity index (χ1) is 16.8. The Morgan fingerprint density at radius 1 is 1.14 bits per heavy atom. The molecule has 1 N–H and O–H groups in total. The molecule has 188 valence electrons. The van der Waals surface area contributed by atoms with Crippen LogP contribution >= 0.6 is 0 Å². The second kappa shape index (κ2) is 10.2. The molecular weight excluding hydrogens is 444 g/mol. The number of esters is 1. The number of anilines is 1. The van der Waals surface area contributed by atoms with Crippen LogP contribution in [0.4, 0.5) is 5.69 Å². The van der Waals surface area contributed by atoms with E-state index >= 15 is 0 Å². The van der Waals surface area contributed by atoms with Crippen LogP contribution in [0.15, 0.2) is 24.3 Å². The Labute approximate surface area is 207 Å². The van der Waals surface area contributed by atoms with Crippen LogP contribution in [0.2, 0.25) is 0 Å². The van der Waals surface area contributed by atoms with E-state index in [1.807, 2.05) is 32.0 Å². The quantitative estimate of drug-likeness (QED) is 0.643. The molecule has 1 aromatic heterocycles. The summed E-state index contributed by atoms with van der Waals surface area (Å²) in [5, 5.41) is 7.62. The van der Waals surface area contributed by atoms with E-state index in [1.165, 1.54) is 30.0 Å². The number of carbonyl (C=O) groups is 3. The first-order valence-corrected chi connectivity index (χ1v) is 12.7. The van der Waals surface area contributed by atoms with Crippen LogP contribution in [0.5, 0.6) is 0 Å². The van der Waals surface area contributed by atoms with E-state index in [1.54, 1.807) is 18.7 Å². The fraction of sp³-hybridized carbons (Fsp3) is 0.556. The van der Waals surface area contributed by atoms with Crippen molar-refractivity contribution in [2.75, 3.05) is 11.5 Å². The van der Waals surface area contributed by atoms with Crippen LogP contribution in [-0.2, 0) is 16.1 Å². The fourth-order valence-electron chi connectivity index (χ4n) is 5.18. The summed E-state index contributed by atoms with van der Waals surface area (Å²) >= 11 is 0. The van der Waals surface area contributed by atoms with Crippen molar-refractivity contribution in [3.63, 3.8) is 0 Å². The number of hydrogen-bond acceptors (Lipinski definition) is 5. The van der Waals surface area contributed by atoms with E-state index in [0.29, 0.717) is 5.69 Å². The lowest BCUT2D eigenvalue weighted by Crippen LogP contribution is -2.65. The highest BCUT2D eigenvalue weighted by molar-refractivity contribution is 6.12. The molecule has 2 aromatic rings. The van der Waals surface area contributed by atoms with Gasteiger partial charge in [-0.05, 0) is 57.7 Å². The Morgan fingerprint density at radius 3 is 2.51 bits per heavy atom. The maximum Gasteiger partial charge on any atom is 0.358 e. The molecule has 4 rings (SSSR count). The van der Waals surface area contributed by atoms with Crippen molar-refractivity contribution >= 4 is 23.5 Å². The number of carbonyl (C=O) groups excluding carboxylic acids is 3. The second-order valence-electron chi connectivity index (χ2n) is 9.94. The Kier molecular flexibility index (Phi) is 7.28. The van der Waals surface area contributed by atoms with Crippen molar-refractivity contribution in [3.8, 4) is 0 Å². The molecule has 1 aromatic carbocycles. The number of ether oxygens (including phenoxy) is 1. The monoisotopic (exact) mass is 480 g/mol. The van der Waals surface area contributed by atoms with Crippen molar-refractivity contribution in [2.24, 2.45) is 0 Å². The SMILES string of the molecule is CCOC(=O)c1cc2n(n1)CC(C)(C(=O)NC1CCCCCCC1)N(c1cccc(C)c1C)C2=O. The third kappa shape index (κ3) is 4.83. The molecule has 1 unspecified atom stereocenters. The van der Waals surface area contributed by atoms with Gasteiger partial charge in [-0.25, -0.2) is 4.79 Å². The molecule has 0 bridgehead atoms. The van der Waals surface area contributed by atoms with Crippen LogP contribution in [0.1, 0.15) is 90.9 Å². The molecule has 2 amide bonds. The minimum absolute atomic E-state index is 0.0702. The normalized spacial score (nSPS) is 21.1. The minimum atomic E-state index is -1.22. The average Bonchev–Trinajstić information content (AvgIpc) is 3.22. The third-order valence-corrected chi connectivity index (χ3v) is 7.38. The maximum atomic E-state index is 13.9. The third-order valence-electron chi connectivity index (χ3n) is 7.38. The highest BCUT2D eigenvalue weighted by Gasteiger charge is 2.50. The van der Waals surface area contributed by atoms with Gasteiger partial charge >= 0.3 is 5.97 Å². The van der Waals surface area contributed by atoms with Gasteiger partial charge in [-0.1, -0.05) is 44.2 Å². The summed E-state index contributed by atoms with van der Waals surface area (Å²) in [7, 11) is 0. The molecule has 0 saturated heterocycles. The van der Waals surface area contributed by atoms with E-state index in [4.69, 9.17) is 4.74 Å². The molecule has 1 aliphatic heterocycles. The van der Waals surface area contributed by atoms with E-state index < -0.39 is 11.5 Å². The van der Waals surface area contributed by atoms with E-state index in [0.717, 1.165) is 36.8 Å². The predicted octanol–water partition coefficient (Wildman–Crippen LogP) is 4.32. The smallest absolute Gasteiger partial charge is 0.358 e. The van der Waals surface area contributed by atoms with E-state index in [2.05, 4.69) is 10.4 Å². The lowest BCUT2D eigenvalue weighted by atomic mass is 9.91. The molecule has 1 fully saturated rings. The summed E-state index contributed by atoms with van der Waals surface area (Å²) in [6.07, 6.45) is 7.69. The first kappa shape index (κ1) is 24.9. The molecule has 8 nitrogen and oxygen atoms in total. The van der Waals surface area contributed by atoms with Gasteiger partial charge < -0.3 is 10.1 Å². The summed E-state index contributed by atoms with van der Waals surface area (Å²) in [6.45, 7) is 7.81. The zero-order chi connectivity index (χ0) is 25.2. The largest absolute Gasteiger partial charge is 0.461 e. The Hall–Kier alpha value is -3.16. The van der Waals surface area contributed by atoms with Gasteiger partial charge in [0, 0.05) is 17.8 Å². The lowest BCUT2D eigenvalue weighted by molar-refractivity contribution is -0.127. The highest BCUT2D eigenvalue weighted by Crippen LogP contribution is 2.36.